The molecule has 0 aliphatic rings. The maximum Gasteiger partial charge on any atom is 0.306 e. The molecule has 0 aromatic heterocycles. The first-order chi connectivity index (χ1) is 20.0. The SMILES string of the molecule is CCCCCCCCCOC(=O)CC(C)(C)CCCCC(O)CCCCC(C)(C)CC(=O)OCCCCCCCCC. The van der Waals surface area contributed by atoms with E-state index in [-0.39, 0.29) is 28.9 Å². The van der Waals surface area contributed by atoms with Gasteiger partial charge in [0.15, 0.2) is 0 Å². The van der Waals surface area contributed by atoms with Gasteiger partial charge in [-0.3, -0.25) is 9.59 Å². The number of ether oxygens (including phenoxy) is 2. The average molecular weight is 597 g/mol. The second kappa shape index (κ2) is 26.3. The first kappa shape index (κ1) is 40.9. The van der Waals surface area contributed by atoms with Crippen molar-refractivity contribution in [2.75, 3.05) is 13.2 Å². The Labute approximate surface area is 261 Å². The van der Waals surface area contributed by atoms with Gasteiger partial charge in [-0.1, -0.05) is 144 Å². The molecule has 5 nitrogen and oxygen atoms in total. The van der Waals surface area contributed by atoms with Crippen molar-refractivity contribution in [1.29, 1.82) is 0 Å². The first-order valence-corrected chi connectivity index (χ1v) is 18.0. The molecule has 0 aromatic carbocycles. The van der Waals surface area contributed by atoms with E-state index < -0.39 is 0 Å². The Morgan fingerprint density at radius 3 is 1.21 bits per heavy atom. The van der Waals surface area contributed by atoms with Crippen LogP contribution < -0.4 is 0 Å². The summed E-state index contributed by atoms with van der Waals surface area (Å²) in [6.07, 6.45) is 25.3. The van der Waals surface area contributed by atoms with E-state index in [0.717, 1.165) is 77.0 Å². The van der Waals surface area contributed by atoms with Gasteiger partial charge in [0, 0.05) is 0 Å². The maximum absolute atomic E-state index is 12.3. The van der Waals surface area contributed by atoms with Crippen LogP contribution in [0.5, 0.6) is 0 Å². The van der Waals surface area contributed by atoms with E-state index >= 15 is 0 Å². The molecular formula is C37H72O5. The fourth-order valence-corrected chi connectivity index (χ4v) is 5.66. The van der Waals surface area contributed by atoms with Gasteiger partial charge in [-0.15, -0.1) is 0 Å². The molecular weight excluding hydrogens is 524 g/mol. The topological polar surface area (TPSA) is 72.8 Å². The minimum Gasteiger partial charge on any atom is -0.466 e. The molecule has 0 heterocycles. The maximum atomic E-state index is 12.3. The predicted molar refractivity (Wildman–Crippen MR) is 178 cm³/mol. The van der Waals surface area contributed by atoms with Gasteiger partial charge in [0.05, 0.1) is 32.2 Å². The molecule has 0 saturated heterocycles. The Kier molecular flexibility index (Phi) is 25.6. The lowest BCUT2D eigenvalue weighted by molar-refractivity contribution is -0.147. The van der Waals surface area contributed by atoms with Crippen LogP contribution in [0.25, 0.3) is 0 Å². The van der Waals surface area contributed by atoms with Gasteiger partial charge >= 0.3 is 11.9 Å². The molecule has 42 heavy (non-hydrogen) atoms. The zero-order valence-electron chi connectivity index (χ0n) is 29.0. The van der Waals surface area contributed by atoms with Crippen LogP contribution in [0, 0.1) is 10.8 Å². The van der Waals surface area contributed by atoms with Gasteiger partial charge in [0.25, 0.3) is 0 Å². The lowest BCUT2D eigenvalue weighted by Gasteiger charge is -2.24. The minimum absolute atomic E-state index is 0.0663. The Morgan fingerprint density at radius 2 is 0.857 bits per heavy atom. The van der Waals surface area contributed by atoms with Gasteiger partial charge in [-0.05, 0) is 49.4 Å². The summed E-state index contributed by atoms with van der Waals surface area (Å²) in [5.41, 5.74) is -0.133. The van der Waals surface area contributed by atoms with Crippen LogP contribution >= 0.6 is 0 Å². The number of hydrogen-bond donors (Lipinski definition) is 1. The van der Waals surface area contributed by atoms with Crippen molar-refractivity contribution in [3.05, 3.63) is 0 Å². The van der Waals surface area contributed by atoms with Crippen molar-refractivity contribution in [3.63, 3.8) is 0 Å². The van der Waals surface area contributed by atoms with Gasteiger partial charge in [0.1, 0.15) is 0 Å². The van der Waals surface area contributed by atoms with Gasteiger partial charge in [-0.2, -0.15) is 0 Å². The average Bonchev–Trinajstić information content (AvgIpc) is 2.91. The van der Waals surface area contributed by atoms with E-state index in [1.54, 1.807) is 0 Å². The smallest absolute Gasteiger partial charge is 0.306 e. The van der Waals surface area contributed by atoms with Crippen molar-refractivity contribution in [2.45, 2.75) is 202 Å². The highest BCUT2D eigenvalue weighted by Crippen LogP contribution is 2.30. The second-order valence-electron chi connectivity index (χ2n) is 14.5. The van der Waals surface area contributed by atoms with E-state index in [0.29, 0.717) is 26.1 Å². The fraction of sp³-hybridized carbons (Fsp3) is 0.946. The molecule has 250 valence electrons. The van der Waals surface area contributed by atoms with Crippen molar-refractivity contribution in [3.8, 4) is 0 Å². The Bertz CT molecular complexity index is 588. The number of carbonyl (C=O) groups excluding carboxylic acids is 2. The molecule has 0 aromatic rings. The van der Waals surface area contributed by atoms with Crippen LogP contribution in [0.3, 0.4) is 0 Å². The highest BCUT2D eigenvalue weighted by molar-refractivity contribution is 5.70. The van der Waals surface area contributed by atoms with Gasteiger partial charge in [0.2, 0.25) is 0 Å². The van der Waals surface area contributed by atoms with Crippen LogP contribution in [0.15, 0.2) is 0 Å². The van der Waals surface area contributed by atoms with Crippen LogP contribution in [-0.2, 0) is 19.1 Å². The second-order valence-corrected chi connectivity index (χ2v) is 14.5. The molecule has 0 aliphatic heterocycles. The molecule has 0 fully saturated rings. The summed E-state index contributed by atoms with van der Waals surface area (Å²) in [4.78, 5) is 24.5. The number of aliphatic hydroxyl groups is 1. The molecule has 0 bridgehead atoms. The van der Waals surface area contributed by atoms with Crippen molar-refractivity contribution >= 4 is 11.9 Å². The van der Waals surface area contributed by atoms with E-state index in [2.05, 4.69) is 41.5 Å². The number of aliphatic hydroxyl groups excluding tert-OH is 1. The highest BCUT2D eigenvalue weighted by atomic mass is 16.5. The number of hydrogen-bond acceptors (Lipinski definition) is 5. The van der Waals surface area contributed by atoms with Crippen molar-refractivity contribution in [2.24, 2.45) is 10.8 Å². The number of unbranched alkanes of at least 4 members (excludes halogenated alkanes) is 14. The quantitative estimate of drug-likeness (QED) is 0.0659. The number of rotatable bonds is 30. The highest BCUT2D eigenvalue weighted by Gasteiger charge is 2.24. The number of esters is 2. The van der Waals surface area contributed by atoms with Crippen LogP contribution in [-0.4, -0.2) is 36.4 Å². The summed E-state index contributed by atoms with van der Waals surface area (Å²) in [7, 11) is 0. The van der Waals surface area contributed by atoms with Crippen LogP contribution in [0.1, 0.15) is 196 Å². The molecule has 1 N–H and O–H groups in total. The standard InChI is InChI=1S/C37H72O5/c1-7-9-11-13-15-17-23-29-41-34(39)31-36(3,4)27-21-19-25-33(38)26-20-22-28-37(5,6)32-35(40)42-30-24-18-16-14-12-10-8-2/h33,38H,7-32H2,1-6H3. The largest absolute Gasteiger partial charge is 0.466 e. The summed E-state index contributed by atoms with van der Waals surface area (Å²) in [6.45, 7) is 14.1. The van der Waals surface area contributed by atoms with Gasteiger partial charge < -0.3 is 14.6 Å². The lowest BCUT2D eigenvalue weighted by Crippen LogP contribution is -2.20. The van der Waals surface area contributed by atoms with E-state index in [9.17, 15) is 14.7 Å². The molecule has 0 aliphatic carbocycles. The third kappa shape index (κ3) is 27.7. The zero-order valence-corrected chi connectivity index (χ0v) is 29.0. The molecule has 0 spiro atoms. The van der Waals surface area contributed by atoms with Crippen LogP contribution in [0.2, 0.25) is 0 Å². The summed E-state index contributed by atoms with van der Waals surface area (Å²) in [6, 6.07) is 0. The van der Waals surface area contributed by atoms with E-state index in [4.69, 9.17) is 9.47 Å². The molecule has 0 amide bonds. The summed E-state index contributed by atoms with van der Waals surface area (Å²) in [5, 5.41) is 10.5. The number of carbonyl (C=O) groups is 2. The predicted octanol–water partition coefficient (Wildman–Crippen LogP) is 10.9. The molecule has 5 heteroatoms. The van der Waals surface area contributed by atoms with Crippen molar-refractivity contribution in [1.82, 2.24) is 0 Å². The molecule has 0 atom stereocenters. The van der Waals surface area contributed by atoms with Crippen molar-refractivity contribution < 1.29 is 24.2 Å². The Morgan fingerprint density at radius 1 is 0.524 bits per heavy atom. The Balaban J connectivity index is 3.83. The molecule has 0 radical (unpaired) electrons. The summed E-state index contributed by atoms with van der Waals surface area (Å²) in [5.74, 6) is -0.147. The summed E-state index contributed by atoms with van der Waals surface area (Å²) < 4.78 is 11.0. The van der Waals surface area contributed by atoms with Crippen LogP contribution in [0.4, 0.5) is 0 Å². The first-order valence-electron chi connectivity index (χ1n) is 18.0. The summed E-state index contributed by atoms with van der Waals surface area (Å²) >= 11 is 0. The molecule has 0 saturated carbocycles. The molecule has 0 unspecified atom stereocenters. The Hall–Kier alpha value is -1.10. The lowest BCUT2D eigenvalue weighted by atomic mass is 9.83. The van der Waals surface area contributed by atoms with Gasteiger partial charge in [-0.25, -0.2) is 0 Å². The third-order valence-corrected chi connectivity index (χ3v) is 8.55. The monoisotopic (exact) mass is 597 g/mol. The van der Waals surface area contributed by atoms with E-state index in [1.807, 2.05) is 0 Å². The normalized spacial score (nSPS) is 12.2. The zero-order chi connectivity index (χ0) is 31.5. The third-order valence-electron chi connectivity index (χ3n) is 8.55. The fourth-order valence-electron chi connectivity index (χ4n) is 5.66. The minimum atomic E-state index is -0.268. The van der Waals surface area contributed by atoms with E-state index in [1.165, 1.54) is 64.2 Å². The molecule has 0 rings (SSSR count).